The maximum atomic E-state index is 9.69. The first kappa shape index (κ1) is 26.9. The zero-order valence-electron chi connectivity index (χ0n) is 22.5. The monoisotopic (exact) mass is 495 g/mol. The van der Waals surface area contributed by atoms with Gasteiger partial charge in [-0.25, -0.2) is 0 Å². The molecule has 0 aromatic heterocycles. The highest BCUT2D eigenvalue weighted by atomic mass is 16.5. The predicted octanol–water partition coefficient (Wildman–Crippen LogP) is 4.26. The highest BCUT2D eigenvalue weighted by Crippen LogP contribution is 2.35. The second-order valence-electron chi connectivity index (χ2n) is 10.5. The molecule has 6 heteroatoms. The molecule has 6 nitrogen and oxygen atoms in total. The Morgan fingerprint density at radius 1 is 0.861 bits per heavy atom. The van der Waals surface area contributed by atoms with E-state index in [1.807, 2.05) is 0 Å². The number of aliphatic hydroxyl groups is 1. The summed E-state index contributed by atoms with van der Waals surface area (Å²) >= 11 is 0. The van der Waals surface area contributed by atoms with Gasteiger partial charge in [-0.2, -0.15) is 0 Å². The largest absolute Gasteiger partial charge is 0.493 e. The van der Waals surface area contributed by atoms with Gasteiger partial charge in [0.2, 0.25) is 0 Å². The molecule has 2 fully saturated rings. The van der Waals surface area contributed by atoms with E-state index in [1.54, 1.807) is 0 Å². The molecule has 2 aliphatic rings. The number of nitrogens with zero attached hydrogens (tertiary/aromatic N) is 2. The molecule has 0 spiro atoms. The number of benzene rings is 2. The summed E-state index contributed by atoms with van der Waals surface area (Å²) < 4.78 is 12.4. The summed E-state index contributed by atoms with van der Waals surface area (Å²) in [6.45, 7) is 11.8. The standard InChI is InChI=1S/C30H45N3O3/c1-23-27(8-4-10-29(23)35-20-6-15-31-25-12-17-32(3)18-13-25)28-9-5-11-30(24(28)2)36-21-7-16-33-19-14-26(34)22-33/h4-5,8-11,25-26,31,34H,6-7,12-22H2,1-3H3/t26-/m1/s1. The molecule has 1 atom stereocenters. The van der Waals surface area contributed by atoms with E-state index in [0.29, 0.717) is 12.6 Å². The molecule has 36 heavy (non-hydrogen) atoms. The van der Waals surface area contributed by atoms with E-state index in [0.717, 1.165) is 69.1 Å². The number of aliphatic hydroxyl groups excluding tert-OH is 1. The van der Waals surface area contributed by atoms with Crippen molar-refractivity contribution in [2.75, 3.05) is 59.5 Å². The molecule has 0 unspecified atom stereocenters. The van der Waals surface area contributed by atoms with Crippen LogP contribution in [-0.4, -0.2) is 86.6 Å². The lowest BCUT2D eigenvalue weighted by molar-refractivity contribution is 0.173. The first-order valence-corrected chi connectivity index (χ1v) is 13.8. The Morgan fingerprint density at radius 3 is 2.06 bits per heavy atom. The second-order valence-corrected chi connectivity index (χ2v) is 10.5. The van der Waals surface area contributed by atoms with Gasteiger partial charge >= 0.3 is 0 Å². The van der Waals surface area contributed by atoms with Gasteiger partial charge < -0.3 is 29.7 Å². The minimum absolute atomic E-state index is 0.159. The summed E-state index contributed by atoms with van der Waals surface area (Å²) in [5.41, 5.74) is 4.73. The van der Waals surface area contributed by atoms with E-state index in [4.69, 9.17) is 9.47 Å². The maximum absolute atomic E-state index is 9.69. The number of ether oxygens (including phenoxy) is 2. The van der Waals surface area contributed by atoms with Crippen molar-refractivity contribution in [1.29, 1.82) is 0 Å². The molecule has 0 radical (unpaired) electrons. The maximum Gasteiger partial charge on any atom is 0.122 e. The number of hydrogen-bond donors (Lipinski definition) is 2. The number of piperidine rings is 1. The third kappa shape index (κ3) is 7.45. The van der Waals surface area contributed by atoms with Crippen molar-refractivity contribution in [3.63, 3.8) is 0 Å². The van der Waals surface area contributed by atoms with Gasteiger partial charge in [0, 0.05) is 25.7 Å². The van der Waals surface area contributed by atoms with Crippen molar-refractivity contribution >= 4 is 0 Å². The van der Waals surface area contributed by atoms with E-state index < -0.39 is 0 Å². The van der Waals surface area contributed by atoms with Gasteiger partial charge in [-0.1, -0.05) is 24.3 Å². The van der Waals surface area contributed by atoms with Crippen LogP contribution in [0.4, 0.5) is 0 Å². The number of likely N-dealkylation sites (tertiary alicyclic amines) is 2. The Bertz CT molecular complexity index is 958. The van der Waals surface area contributed by atoms with Crippen LogP contribution in [0.2, 0.25) is 0 Å². The normalized spacial score (nSPS) is 19.6. The zero-order chi connectivity index (χ0) is 25.3. The van der Waals surface area contributed by atoms with E-state index in [1.165, 1.54) is 42.6 Å². The van der Waals surface area contributed by atoms with Gasteiger partial charge in [0.05, 0.1) is 19.3 Å². The fourth-order valence-corrected chi connectivity index (χ4v) is 5.38. The van der Waals surface area contributed by atoms with Crippen LogP contribution in [0.5, 0.6) is 11.5 Å². The molecule has 0 amide bonds. The summed E-state index contributed by atoms with van der Waals surface area (Å²) in [7, 11) is 2.20. The van der Waals surface area contributed by atoms with Gasteiger partial charge in [0.1, 0.15) is 11.5 Å². The zero-order valence-corrected chi connectivity index (χ0v) is 22.5. The number of rotatable bonds is 12. The fraction of sp³-hybridized carbons (Fsp3) is 0.600. The molecule has 2 aliphatic heterocycles. The Kier molecular flexibility index (Phi) is 10.0. The van der Waals surface area contributed by atoms with E-state index in [-0.39, 0.29) is 6.10 Å². The average Bonchev–Trinajstić information content (AvgIpc) is 3.30. The first-order chi connectivity index (χ1) is 17.5. The van der Waals surface area contributed by atoms with Crippen LogP contribution in [0.15, 0.2) is 36.4 Å². The smallest absolute Gasteiger partial charge is 0.122 e. The Hall–Kier alpha value is -2.12. The number of β-amino-alcohol motifs (C(OH)–C–C–N with tert-alkyl or cyclic N) is 1. The number of hydrogen-bond acceptors (Lipinski definition) is 6. The van der Waals surface area contributed by atoms with Gasteiger partial charge in [0.25, 0.3) is 0 Å². The van der Waals surface area contributed by atoms with Crippen LogP contribution in [0.25, 0.3) is 11.1 Å². The summed E-state index contributed by atoms with van der Waals surface area (Å²) in [6.07, 6.45) is 5.18. The van der Waals surface area contributed by atoms with Gasteiger partial charge in [-0.05, 0) is 107 Å². The van der Waals surface area contributed by atoms with Gasteiger partial charge in [0.15, 0.2) is 0 Å². The molecule has 2 aromatic rings. The van der Waals surface area contributed by atoms with Crippen molar-refractivity contribution in [2.45, 2.75) is 58.1 Å². The first-order valence-electron chi connectivity index (χ1n) is 13.8. The van der Waals surface area contributed by atoms with Crippen LogP contribution in [0.1, 0.15) is 43.2 Å². The third-order valence-corrected chi connectivity index (χ3v) is 7.71. The van der Waals surface area contributed by atoms with Gasteiger partial charge in [-0.15, -0.1) is 0 Å². The van der Waals surface area contributed by atoms with E-state index in [2.05, 4.69) is 72.4 Å². The van der Waals surface area contributed by atoms with Crippen molar-refractivity contribution in [3.8, 4) is 22.6 Å². The second kappa shape index (κ2) is 13.4. The number of nitrogens with one attached hydrogen (secondary N) is 1. The quantitative estimate of drug-likeness (QED) is 0.429. The van der Waals surface area contributed by atoms with E-state index >= 15 is 0 Å². The van der Waals surface area contributed by atoms with E-state index in [9.17, 15) is 5.11 Å². The molecule has 198 valence electrons. The molecule has 0 bridgehead atoms. The SMILES string of the molecule is Cc1c(OCCCNC2CCN(C)CC2)cccc1-c1cccc(OCCCN2CC[C@@H](O)C2)c1C. The van der Waals surface area contributed by atoms with Crippen LogP contribution in [0.3, 0.4) is 0 Å². The molecular weight excluding hydrogens is 450 g/mol. The van der Waals surface area contributed by atoms with Crippen molar-refractivity contribution in [3.05, 3.63) is 47.5 Å². The lowest BCUT2D eigenvalue weighted by Gasteiger charge is -2.29. The fourth-order valence-electron chi connectivity index (χ4n) is 5.38. The Morgan fingerprint density at radius 2 is 1.47 bits per heavy atom. The molecule has 2 aromatic carbocycles. The highest BCUT2D eigenvalue weighted by Gasteiger charge is 2.19. The molecule has 0 saturated carbocycles. The summed E-state index contributed by atoms with van der Waals surface area (Å²) in [5, 5.41) is 13.4. The minimum atomic E-state index is -0.159. The lowest BCUT2D eigenvalue weighted by atomic mass is 9.95. The average molecular weight is 496 g/mol. The highest BCUT2D eigenvalue weighted by molar-refractivity contribution is 5.74. The predicted molar refractivity (Wildman–Crippen MR) is 147 cm³/mol. The molecule has 2 saturated heterocycles. The summed E-state index contributed by atoms with van der Waals surface area (Å²) in [6, 6.07) is 13.3. The van der Waals surface area contributed by atoms with Crippen LogP contribution < -0.4 is 14.8 Å². The van der Waals surface area contributed by atoms with Crippen molar-refractivity contribution in [2.24, 2.45) is 0 Å². The van der Waals surface area contributed by atoms with Crippen molar-refractivity contribution in [1.82, 2.24) is 15.1 Å². The molecule has 2 heterocycles. The Balaban J connectivity index is 1.27. The van der Waals surface area contributed by atoms with Crippen LogP contribution in [-0.2, 0) is 0 Å². The molecule has 0 aliphatic carbocycles. The lowest BCUT2D eigenvalue weighted by Crippen LogP contribution is -2.41. The molecule has 4 rings (SSSR count). The van der Waals surface area contributed by atoms with Crippen molar-refractivity contribution < 1.29 is 14.6 Å². The van der Waals surface area contributed by atoms with Crippen LogP contribution >= 0.6 is 0 Å². The molecule has 2 N–H and O–H groups in total. The Labute approximate surface area is 217 Å². The third-order valence-electron chi connectivity index (χ3n) is 7.71. The topological polar surface area (TPSA) is 57.2 Å². The summed E-state index contributed by atoms with van der Waals surface area (Å²) in [4.78, 5) is 4.72. The molecular formula is C30H45N3O3. The van der Waals surface area contributed by atoms with Crippen LogP contribution in [0, 0.1) is 13.8 Å². The summed E-state index contributed by atoms with van der Waals surface area (Å²) in [5.74, 6) is 1.91. The van der Waals surface area contributed by atoms with Gasteiger partial charge in [-0.3, -0.25) is 0 Å². The minimum Gasteiger partial charge on any atom is -0.493 e.